The minimum Gasteiger partial charge on any atom is -0.511 e. The van der Waals surface area contributed by atoms with Crippen LogP contribution in [0.15, 0.2) is 48.3 Å². The van der Waals surface area contributed by atoms with Gasteiger partial charge in [0.25, 0.3) is 0 Å². The quantitative estimate of drug-likeness (QED) is 0.221. The Balaban J connectivity index is 2.03. The van der Waals surface area contributed by atoms with E-state index in [-0.39, 0.29) is 11.2 Å². The van der Waals surface area contributed by atoms with Crippen molar-refractivity contribution in [1.29, 1.82) is 0 Å². The lowest BCUT2D eigenvalue weighted by molar-refractivity contribution is -0.139. The molecule has 2 N–H and O–H groups in total. The molecule has 0 bridgehead atoms. The van der Waals surface area contributed by atoms with Gasteiger partial charge in [0.1, 0.15) is 17.3 Å². The van der Waals surface area contributed by atoms with E-state index in [1.165, 1.54) is 51.4 Å². The fourth-order valence-corrected chi connectivity index (χ4v) is 4.55. The maximum Gasteiger partial charge on any atom is 0.318 e. The zero-order chi connectivity index (χ0) is 24.3. The molecule has 1 aliphatic carbocycles. The monoisotopic (exact) mass is 456 g/mol. The van der Waals surface area contributed by atoms with Crippen molar-refractivity contribution in [1.82, 2.24) is 0 Å². The summed E-state index contributed by atoms with van der Waals surface area (Å²) in [6.45, 7) is 9.26. The molecule has 0 radical (unpaired) electrons. The molecule has 0 aliphatic heterocycles. The average molecular weight is 457 g/mol. The van der Waals surface area contributed by atoms with Crippen LogP contribution in [0.3, 0.4) is 0 Å². The first-order valence-electron chi connectivity index (χ1n) is 12.8. The van der Waals surface area contributed by atoms with Gasteiger partial charge in [0.15, 0.2) is 0 Å². The molecule has 0 saturated carbocycles. The number of rotatable bonds is 14. The summed E-state index contributed by atoms with van der Waals surface area (Å²) in [4.78, 5) is 11.5. The number of benzene rings is 1. The van der Waals surface area contributed by atoms with E-state index in [4.69, 9.17) is 4.74 Å². The Hall–Kier alpha value is -2.07. The van der Waals surface area contributed by atoms with Gasteiger partial charge in [-0.25, -0.2) is 0 Å². The molecule has 0 amide bonds. The van der Waals surface area contributed by atoms with Crippen LogP contribution in [-0.2, 0) is 20.5 Å². The largest absolute Gasteiger partial charge is 0.511 e. The normalized spacial score (nSPS) is 20.6. The third-order valence-corrected chi connectivity index (χ3v) is 6.48. The summed E-state index contributed by atoms with van der Waals surface area (Å²) >= 11 is 0. The molecule has 0 heterocycles. The highest BCUT2D eigenvalue weighted by Crippen LogP contribution is 2.41. The Kier molecular flexibility index (Phi) is 10.7. The average Bonchev–Trinajstić information content (AvgIpc) is 2.76. The number of aliphatic hydroxyl groups is 1. The van der Waals surface area contributed by atoms with Crippen molar-refractivity contribution in [2.75, 3.05) is 6.61 Å². The van der Waals surface area contributed by atoms with Gasteiger partial charge in [-0.2, -0.15) is 0 Å². The Labute approximate surface area is 200 Å². The molecule has 2 unspecified atom stereocenters. The van der Waals surface area contributed by atoms with E-state index >= 15 is 0 Å². The molecule has 1 aliphatic rings. The topological polar surface area (TPSA) is 66.8 Å². The minimum absolute atomic E-state index is 0.120. The zero-order valence-corrected chi connectivity index (χ0v) is 21.1. The van der Waals surface area contributed by atoms with Crippen LogP contribution in [0, 0.1) is 5.92 Å². The standard InChI is InChI=1S/C29H44O4/c1-5-6-7-8-9-10-11-12-13-16-21-33-29(20-19-23(27(31)32)26(30)22-29)25-18-15-14-17-24(25)28(2,3)4/h14-15,17-20,22-23,30H,5-13,16,21H2,1-4H3,(H,31,32). The van der Waals surface area contributed by atoms with Crippen LogP contribution in [0.25, 0.3) is 0 Å². The first-order valence-corrected chi connectivity index (χ1v) is 12.8. The van der Waals surface area contributed by atoms with Gasteiger partial charge in [-0.15, -0.1) is 0 Å². The number of carboxylic acids is 1. The summed E-state index contributed by atoms with van der Waals surface area (Å²) in [5, 5.41) is 20.0. The van der Waals surface area contributed by atoms with Crippen LogP contribution in [0.2, 0.25) is 0 Å². The van der Waals surface area contributed by atoms with E-state index in [0.717, 1.165) is 24.0 Å². The number of hydrogen-bond acceptors (Lipinski definition) is 3. The van der Waals surface area contributed by atoms with Crippen molar-refractivity contribution in [2.24, 2.45) is 5.92 Å². The Morgan fingerprint density at radius 1 is 0.970 bits per heavy atom. The van der Waals surface area contributed by atoms with E-state index < -0.39 is 17.5 Å². The maximum atomic E-state index is 11.5. The summed E-state index contributed by atoms with van der Waals surface area (Å²) in [5.41, 5.74) is 0.997. The molecule has 4 heteroatoms. The molecule has 2 atom stereocenters. The molecule has 33 heavy (non-hydrogen) atoms. The van der Waals surface area contributed by atoms with Crippen molar-refractivity contribution in [3.05, 3.63) is 59.4 Å². The van der Waals surface area contributed by atoms with Crippen molar-refractivity contribution in [3.63, 3.8) is 0 Å². The summed E-state index contributed by atoms with van der Waals surface area (Å²) in [6.07, 6.45) is 17.5. The van der Waals surface area contributed by atoms with Crippen LogP contribution in [0.5, 0.6) is 0 Å². The fraction of sp³-hybridized carbons (Fsp3) is 0.621. The Morgan fingerprint density at radius 2 is 1.55 bits per heavy atom. The van der Waals surface area contributed by atoms with Crippen molar-refractivity contribution in [3.8, 4) is 0 Å². The number of carboxylic acid groups (broad SMARTS) is 1. The number of hydrogen-bond donors (Lipinski definition) is 2. The third-order valence-electron chi connectivity index (χ3n) is 6.48. The van der Waals surface area contributed by atoms with Crippen molar-refractivity contribution >= 4 is 5.97 Å². The molecule has 184 valence electrons. The highest BCUT2D eigenvalue weighted by molar-refractivity contribution is 5.76. The zero-order valence-electron chi connectivity index (χ0n) is 21.1. The molecule has 4 nitrogen and oxygen atoms in total. The summed E-state index contributed by atoms with van der Waals surface area (Å²) in [7, 11) is 0. The predicted molar refractivity (Wildman–Crippen MR) is 136 cm³/mol. The molecular weight excluding hydrogens is 412 g/mol. The second kappa shape index (κ2) is 13.0. The number of aliphatic carboxylic acids is 1. The molecule has 0 spiro atoms. The van der Waals surface area contributed by atoms with Crippen LogP contribution >= 0.6 is 0 Å². The molecule has 1 aromatic carbocycles. The lowest BCUT2D eigenvalue weighted by Crippen LogP contribution is -2.34. The summed E-state index contributed by atoms with van der Waals surface area (Å²) in [6, 6.07) is 8.09. The lowest BCUT2D eigenvalue weighted by atomic mass is 9.76. The van der Waals surface area contributed by atoms with Crippen LogP contribution < -0.4 is 0 Å². The molecule has 0 aromatic heterocycles. The second-order valence-corrected chi connectivity index (χ2v) is 10.4. The van der Waals surface area contributed by atoms with Crippen molar-refractivity contribution < 1.29 is 19.7 Å². The summed E-state index contributed by atoms with van der Waals surface area (Å²) in [5.74, 6) is -2.26. The molecule has 1 aromatic rings. The van der Waals surface area contributed by atoms with E-state index in [1.807, 2.05) is 24.3 Å². The van der Waals surface area contributed by atoms with Gasteiger partial charge in [0, 0.05) is 6.61 Å². The van der Waals surface area contributed by atoms with Gasteiger partial charge in [-0.05, 0) is 35.1 Å². The van der Waals surface area contributed by atoms with E-state index in [2.05, 4.69) is 33.8 Å². The SMILES string of the molecule is CCCCCCCCCCCCOC1(c2ccccc2C(C)(C)C)C=CC(C(=O)O)C(O)=C1. The fourth-order valence-electron chi connectivity index (χ4n) is 4.55. The first kappa shape index (κ1) is 27.2. The van der Waals surface area contributed by atoms with E-state index in [0.29, 0.717) is 6.61 Å². The molecule has 0 fully saturated rings. The smallest absolute Gasteiger partial charge is 0.318 e. The highest BCUT2D eigenvalue weighted by Gasteiger charge is 2.38. The van der Waals surface area contributed by atoms with Gasteiger partial charge in [-0.1, -0.05) is 116 Å². The second-order valence-electron chi connectivity index (χ2n) is 10.4. The summed E-state index contributed by atoms with van der Waals surface area (Å²) < 4.78 is 6.45. The van der Waals surface area contributed by atoms with Gasteiger partial charge in [0.05, 0.1) is 0 Å². The maximum absolute atomic E-state index is 11.5. The minimum atomic E-state index is -1.06. The van der Waals surface area contributed by atoms with Gasteiger partial charge < -0.3 is 14.9 Å². The highest BCUT2D eigenvalue weighted by atomic mass is 16.5. The van der Waals surface area contributed by atoms with E-state index in [9.17, 15) is 15.0 Å². The number of aliphatic hydroxyl groups excluding tert-OH is 1. The van der Waals surface area contributed by atoms with Gasteiger partial charge in [-0.3, -0.25) is 4.79 Å². The number of ether oxygens (including phenoxy) is 1. The molecular formula is C29H44O4. The Morgan fingerprint density at radius 3 is 2.09 bits per heavy atom. The lowest BCUT2D eigenvalue weighted by Gasteiger charge is -2.36. The van der Waals surface area contributed by atoms with E-state index in [1.54, 1.807) is 12.2 Å². The van der Waals surface area contributed by atoms with Crippen LogP contribution in [0.4, 0.5) is 0 Å². The molecule has 2 rings (SSSR count). The number of unbranched alkanes of at least 4 members (excludes halogenated alkanes) is 9. The van der Waals surface area contributed by atoms with Crippen LogP contribution in [0.1, 0.15) is 103 Å². The Bertz CT molecular complexity index is 802. The first-order chi connectivity index (χ1) is 15.7. The van der Waals surface area contributed by atoms with Crippen LogP contribution in [-0.4, -0.2) is 22.8 Å². The van der Waals surface area contributed by atoms with Gasteiger partial charge >= 0.3 is 5.97 Å². The number of carbonyl (C=O) groups is 1. The van der Waals surface area contributed by atoms with Crippen molar-refractivity contribution in [2.45, 2.75) is 103 Å². The van der Waals surface area contributed by atoms with Gasteiger partial charge in [0.2, 0.25) is 0 Å². The molecule has 0 saturated heterocycles. The third kappa shape index (κ3) is 8.03. The predicted octanol–water partition coefficient (Wildman–Crippen LogP) is 7.83.